The number of rotatable bonds is 3. The smallest absolute Gasteiger partial charge is 0.228 e. The van der Waals surface area contributed by atoms with Crippen LogP contribution in [0.1, 0.15) is 25.7 Å². The van der Waals surface area contributed by atoms with Gasteiger partial charge in [-0.1, -0.05) is 36.0 Å². The Hall–Kier alpha value is -1.26. The maximum absolute atomic E-state index is 12.2. The Balaban J connectivity index is 2.09. The second-order valence-electron chi connectivity index (χ2n) is 4.93. The van der Waals surface area contributed by atoms with E-state index in [1.807, 2.05) is 0 Å². The highest BCUT2D eigenvalue weighted by Gasteiger charge is 2.31. The normalized spacial score (nSPS) is 22.3. The van der Waals surface area contributed by atoms with Crippen LogP contribution in [0, 0.1) is 11.8 Å². The standard InChI is InChI=1S/C14H15Cl2NO3/c15-11-6-5-8(7-12(11)16)17-13(18)9-3-1-2-4-10(9)14(19)20/h5-7,9-10H,1-4H2,(H,17,18)(H,19,20)/p-1/t9-,10-/m0/s1. The molecule has 2 atom stereocenters. The monoisotopic (exact) mass is 314 g/mol. The first kappa shape index (κ1) is 15.1. The van der Waals surface area contributed by atoms with Crippen LogP contribution in [0.25, 0.3) is 0 Å². The maximum atomic E-state index is 12.2. The SMILES string of the molecule is O=C([O-])[C@H]1CCCC[C@@H]1C(=O)Nc1ccc(Cl)c(Cl)c1. The summed E-state index contributed by atoms with van der Waals surface area (Å²) in [6.07, 6.45) is 2.71. The van der Waals surface area contributed by atoms with Gasteiger partial charge in [0.2, 0.25) is 5.91 Å². The minimum Gasteiger partial charge on any atom is -0.550 e. The molecule has 1 saturated carbocycles. The Labute approximate surface area is 127 Å². The number of aliphatic carboxylic acids is 1. The largest absolute Gasteiger partial charge is 0.550 e. The van der Waals surface area contributed by atoms with Crippen LogP contribution in [0.3, 0.4) is 0 Å². The Kier molecular flexibility index (Phi) is 4.89. The Morgan fingerprint density at radius 1 is 1.10 bits per heavy atom. The third-order valence-electron chi connectivity index (χ3n) is 3.59. The van der Waals surface area contributed by atoms with Gasteiger partial charge in [0.15, 0.2) is 0 Å². The number of benzene rings is 1. The number of carbonyl (C=O) groups is 2. The summed E-state index contributed by atoms with van der Waals surface area (Å²) >= 11 is 11.7. The molecule has 0 radical (unpaired) electrons. The number of carboxylic acids is 1. The molecule has 0 saturated heterocycles. The van der Waals surface area contributed by atoms with Crippen molar-refractivity contribution in [3.63, 3.8) is 0 Å². The molecule has 1 aromatic carbocycles. The van der Waals surface area contributed by atoms with Gasteiger partial charge in [0.25, 0.3) is 0 Å². The number of nitrogens with one attached hydrogen (secondary N) is 1. The molecule has 6 heteroatoms. The highest BCUT2D eigenvalue weighted by molar-refractivity contribution is 6.42. The molecule has 0 aliphatic heterocycles. The second kappa shape index (κ2) is 6.46. The van der Waals surface area contributed by atoms with Crippen LogP contribution in [0.15, 0.2) is 18.2 Å². The molecule has 1 aliphatic carbocycles. The first-order valence-electron chi connectivity index (χ1n) is 6.46. The fourth-order valence-corrected chi connectivity index (χ4v) is 2.83. The van der Waals surface area contributed by atoms with Crippen molar-refractivity contribution in [1.82, 2.24) is 0 Å². The lowest BCUT2D eigenvalue weighted by Gasteiger charge is -2.31. The van der Waals surface area contributed by atoms with E-state index in [-0.39, 0.29) is 5.91 Å². The molecule has 0 unspecified atom stereocenters. The number of halogens is 2. The van der Waals surface area contributed by atoms with Crippen LogP contribution in [-0.2, 0) is 9.59 Å². The first-order chi connectivity index (χ1) is 9.49. The number of hydrogen-bond acceptors (Lipinski definition) is 3. The minimum absolute atomic E-state index is 0.308. The van der Waals surface area contributed by atoms with Gasteiger partial charge in [-0.2, -0.15) is 0 Å². The predicted molar refractivity (Wildman–Crippen MR) is 75.5 cm³/mol. The van der Waals surface area contributed by atoms with Gasteiger partial charge in [-0.3, -0.25) is 4.79 Å². The van der Waals surface area contributed by atoms with E-state index in [9.17, 15) is 14.7 Å². The molecule has 1 N–H and O–H groups in total. The highest BCUT2D eigenvalue weighted by Crippen LogP contribution is 2.31. The molecule has 0 bridgehead atoms. The van der Waals surface area contributed by atoms with Gasteiger partial charge in [-0.25, -0.2) is 0 Å². The molecular formula is C14H14Cl2NO3-. The van der Waals surface area contributed by atoms with Gasteiger partial charge in [0.1, 0.15) is 0 Å². The fourth-order valence-electron chi connectivity index (χ4n) is 2.54. The zero-order valence-corrected chi connectivity index (χ0v) is 12.2. The van der Waals surface area contributed by atoms with Crippen molar-refractivity contribution >= 4 is 40.8 Å². The summed E-state index contributed by atoms with van der Waals surface area (Å²) in [6.45, 7) is 0. The van der Waals surface area contributed by atoms with Gasteiger partial charge >= 0.3 is 0 Å². The Morgan fingerprint density at radius 2 is 1.75 bits per heavy atom. The third-order valence-corrected chi connectivity index (χ3v) is 4.33. The summed E-state index contributed by atoms with van der Waals surface area (Å²) in [7, 11) is 0. The zero-order chi connectivity index (χ0) is 14.7. The molecule has 108 valence electrons. The highest BCUT2D eigenvalue weighted by atomic mass is 35.5. The fraction of sp³-hybridized carbons (Fsp3) is 0.429. The van der Waals surface area contributed by atoms with Crippen molar-refractivity contribution in [3.8, 4) is 0 Å². The number of amides is 1. The maximum Gasteiger partial charge on any atom is 0.228 e. The molecule has 20 heavy (non-hydrogen) atoms. The van der Waals surface area contributed by atoms with Crippen LogP contribution < -0.4 is 10.4 Å². The van der Waals surface area contributed by atoms with Gasteiger partial charge in [0, 0.05) is 23.5 Å². The molecule has 1 fully saturated rings. The van der Waals surface area contributed by atoms with Crippen LogP contribution >= 0.6 is 23.2 Å². The Morgan fingerprint density at radius 3 is 2.35 bits per heavy atom. The molecule has 1 aromatic rings. The summed E-state index contributed by atoms with van der Waals surface area (Å²) in [4.78, 5) is 23.3. The van der Waals surface area contributed by atoms with E-state index in [0.29, 0.717) is 28.6 Å². The van der Waals surface area contributed by atoms with Crippen molar-refractivity contribution < 1.29 is 14.7 Å². The van der Waals surface area contributed by atoms with Crippen LogP contribution in [0.4, 0.5) is 5.69 Å². The molecule has 2 rings (SSSR count). The van der Waals surface area contributed by atoms with Crippen molar-refractivity contribution in [2.75, 3.05) is 5.32 Å². The Bertz CT molecular complexity index is 533. The van der Waals surface area contributed by atoms with Gasteiger partial charge in [0.05, 0.1) is 10.0 Å². The molecule has 4 nitrogen and oxygen atoms in total. The molecule has 0 aromatic heterocycles. The number of carbonyl (C=O) groups excluding carboxylic acids is 2. The molecule has 0 spiro atoms. The van der Waals surface area contributed by atoms with Crippen LogP contribution in [0.5, 0.6) is 0 Å². The quantitative estimate of drug-likeness (QED) is 0.931. The number of hydrogen-bond donors (Lipinski definition) is 1. The predicted octanol–water partition coefficient (Wildman–Crippen LogP) is 2.49. The topological polar surface area (TPSA) is 69.2 Å². The summed E-state index contributed by atoms with van der Waals surface area (Å²) in [5.74, 6) is -2.73. The summed E-state index contributed by atoms with van der Waals surface area (Å²) < 4.78 is 0. The van der Waals surface area contributed by atoms with E-state index in [0.717, 1.165) is 12.8 Å². The van der Waals surface area contributed by atoms with E-state index in [1.54, 1.807) is 18.2 Å². The lowest BCUT2D eigenvalue weighted by molar-refractivity contribution is -0.313. The number of anilines is 1. The second-order valence-corrected chi connectivity index (χ2v) is 5.75. The van der Waals surface area contributed by atoms with Crippen LogP contribution in [0.2, 0.25) is 10.0 Å². The van der Waals surface area contributed by atoms with E-state index in [2.05, 4.69) is 5.32 Å². The molecule has 1 amide bonds. The first-order valence-corrected chi connectivity index (χ1v) is 7.21. The zero-order valence-electron chi connectivity index (χ0n) is 10.7. The average molecular weight is 315 g/mol. The van der Waals surface area contributed by atoms with Gasteiger partial charge in [-0.05, 0) is 31.0 Å². The minimum atomic E-state index is -1.15. The van der Waals surface area contributed by atoms with E-state index in [4.69, 9.17) is 23.2 Å². The molecular weight excluding hydrogens is 301 g/mol. The number of carboxylic acid groups (broad SMARTS) is 1. The van der Waals surface area contributed by atoms with Crippen LogP contribution in [-0.4, -0.2) is 11.9 Å². The van der Waals surface area contributed by atoms with Gasteiger partial charge in [-0.15, -0.1) is 0 Å². The molecule has 1 aliphatic rings. The van der Waals surface area contributed by atoms with Crippen molar-refractivity contribution in [2.45, 2.75) is 25.7 Å². The summed E-state index contributed by atoms with van der Waals surface area (Å²) in [6, 6.07) is 4.75. The average Bonchev–Trinajstić information content (AvgIpc) is 2.43. The van der Waals surface area contributed by atoms with E-state index >= 15 is 0 Å². The lowest BCUT2D eigenvalue weighted by Crippen LogP contribution is -2.42. The van der Waals surface area contributed by atoms with Gasteiger partial charge < -0.3 is 15.2 Å². The summed E-state index contributed by atoms with van der Waals surface area (Å²) in [5, 5.41) is 14.5. The van der Waals surface area contributed by atoms with E-state index < -0.39 is 17.8 Å². The third kappa shape index (κ3) is 3.44. The summed E-state index contributed by atoms with van der Waals surface area (Å²) in [5.41, 5.74) is 0.507. The van der Waals surface area contributed by atoms with Crippen molar-refractivity contribution in [3.05, 3.63) is 28.2 Å². The van der Waals surface area contributed by atoms with E-state index in [1.165, 1.54) is 0 Å². The van der Waals surface area contributed by atoms with Crippen molar-refractivity contribution in [2.24, 2.45) is 11.8 Å². The van der Waals surface area contributed by atoms with Crippen molar-refractivity contribution in [1.29, 1.82) is 0 Å². The lowest BCUT2D eigenvalue weighted by atomic mass is 9.78. The molecule has 0 heterocycles.